The minimum Gasteiger partial charge on any atom is -0.497 e. The highest BCUT2D eigenvalue weighted by Crippen LogP contribution is 2.26. The maximum absolute atomic E-state index is 12.1. The Hall–Kier alpha value is -1.79. The molecule has 0 saturated carbocycles. The lowest BCUT2D eigenvalue weighted by atomic mass is 10.1. The van der Waals surface area contributed by atoms with Crippen LogP contribution >= 0.6 is 0 Å². The normalized spacial score (nSPS) is 24.0. The zero-order chi connectivity index (χ0) is 16.8. The summed E-state index contributed by atoms with van der Waals surface area (Å²) in [5, 5.41) is 6.39. The van der Waals surface area contributed by atoms with E-state index >= 15 is 0 Å². The molecule has 132 valence electrons. The van der Waals surface area contributed by atoms with Gasteiger partial charge in [0.1, 0.15) is 5.75 Å². The summed E-state index contributed by atoms with van der Waals surface area (Å²) in [6.45, 7) is 4.92. The summed E-state index contributed by atoms with van der Waals surface area (Å²) in [4.78, 5) is 14.4. The second-order valence-corrected chi connectivity index (χ2v) is 6.54. The van der Waals surface area contributed by atoms with Gasteiger partial charge in [-0.25, -0.2) is 0 Å². The molecular weight excluding hydrogens is 306 g/mol. The highest BCUT2D eigenvalue weighted by atomic mass is 16.5. The molecule has 2 unspecified atom stereocenters. The van der Waals surface area contributed by atoms with E-state index in [-0.39, 0.29) is 11.9 Å². The third-order valence-corrected chi connectivity index (χ3v) is 4.72. The summed E-state index contributed by atoms with van der Waals surface area (Å²) in [7, 11) is 1.69. The zero-order valence-corrected chi connectivity index (χ0v) is 14.3. The highest BCUT2D eigenvalue weighted by molar-refractivity contribution is 5.76. The van der Waals surface area contributed by atoms with Crippen LogP contribution in [0.2, 0.25) is 0 Å². The lowest BCUT2D eigenvalue weighted by Gasteiger charge is -2.23. The Balaban J connectivity index is 1.41. The molecule has 1 amide bonds. The number of benzene rings is 1. The van der Waals surface area contributed by atoms with Crippen LogP contribution in [-0.4, -0.2) is 58.5 Å². The second kappa shape index (κ2) is 8.35. The number of nitrogens with zero attached hydrogens (tertiary/aromatic N) is 1. The van der Waals surface area contributed by atoms with Crippen molar-refractivity contribution in [1.29, 1.82) is 0 Å². The van der Waals surface area contributed by atoms with Gasteiger partial charge in [0.15, 0.2) is 0 Å². The van der Waals surface area contributed by atoms with E-state index in [0.29, 0.717) is 18.9 Å². The third kappa shape index (κ3) is 4.61. The van der Waals surface area contributed by atoms with Crippen molar-refractivity contribution in [2.24, 2.45) is 5.92 Å². The van der Waals surface area contributed by atoms with Crippen LogP contribution < -0.4 is 20.3 Å². The van der Waals surface area contributed by atoms with Crippen LogP contribution in [0.5, 0.6) is 5.75 Å². The molecule has 2 fully saturated rings. The van der Waals surface area contributed by atoms with E-state index < -0.39 is 0 Å². The smallest absolute Gasteiger partial charge is 0.221 e. The molecule has 3 rings (SSSR count). The molecule has 0 radical (unpaired) electrons. The number of methoxy groups -OCH3 is 1. The van der Waals surface area contributed by atoms with Crippen LogP contribution in [0.25, 0.3) is 0 Å². The van der Waals surface area contributed by atoms with Crippen molar-refractivity contribution in [1.82, 2.24) is 10.6 Å². The third-order valence-electron chi connectivity index (χ3n) is 4.72. The Kier molecular flexibility index (Phi) is 5.93. The summed E-state index contributed by atoms with van der Waals surface area (Å²) < 4.78 is 10.7. The lowest BCUT2D eigenvalue weighted by Crippen LogP contribution is -2.44. The topological polar surface area (TPSA) is 62.8 Å². The van der Waals surface area contributed by atoms with Gasteiger partial charge in [-0.05, 0) is 24.5 Å². The van der Waals surface area contributed by atoms with Gasteiger partial charge in [0.05, 0.1) is 20.3 Å². The van der Waals surface area contributed by atoms with E-state index in [1.165, 1.54) is 5.69 Å². The van der Waals surface area contributed by atoms with Gasteiger partial charge in [0, 0.05) is 50.4 Å². The van der Waals surface area contributed by atoms with Gasteiger partial charge in [0.25, 0.3) is 0 Å². The van der Waals surface area contributed by atoms with E-state index in [4.69, 9.17) is 9.47 Å². The monoisotopic (exact) mass is 333 g/mol. The van der Waals surface area contributed by atoms with Gasteiger partial charge >= 0.3 is 0 Å². The molecule has 2 heterocycles. The van der Waals surface area contributed by atoms with E-state index in [1.807, 2.05) is 12.1 Å². The van der Waals surface area contributed by atoms with E-state index in [0.717, 1.165) is 45.0 Å². The fraction of sp³-hybridized carbons (Fsp3) is 0.611. The number of morpholine rings is 1. The maximum atomic E-state index is 12.1. The van der Waals surface area contributed by atoms with Crippen LogP contribution in [0.1, 0.15) is 12.8 Å². The van der Waals surface area contributed by atoms with Crippen molar-refractivity contribution in [2.75, 3.05) is 51.4 Å². The molecular formula is C18H27N3O3. The second-order valence-electron chi connectivity index (χ2n) is 6.54. The van der Waals surface area contributed by atoms with E-state index in [9.17, 15) is 4.79 Å². The standard InChI is InChI=1S/C18H27N3O3/c1-23-17-4-2-3-16(10-17)21-7-5-14(12-21)11-20-18(22)9-15-13-24-8-6-19-15/h2-4,10,14-15,19H,5-9,11-13H2,1H3,(H,20,22). The van der Waals surface area contributed by atoms with Crippen molar-refractivity contribution in [3.05, 3.63) is 24.3 Å². The summed E-state index contributed by atoms with van der Waals surface area (Å²) in [6, 6.07) is 8.30. The zero-order valence-electron chi connectivity index (χ0n) is 14.3. The number of carbonyl (C=O) groups excluding carboxylic acids is 1. The lowest BCUT2D eigenvalue weighted by molar-refractivity contribution is -0.122. The van der Waals surface area contributed by atoms with E-state index in [2.05, 4.69) is 27.7 Å². The van der Waals surface area contributed by atoms with Crippen molar-refractivity contribution in [2.45, 2.75) is 18.9 Å². The summed E-state index contributed by atoms with van der Waals surface area (Å²) in [5.41, 5.74) is 1.19. The number of ether oxygens (including phenoxy) is 2. The first-order chi connectivity index (χ1) is 11.7. The highest BCUT2D eigenvalue weighted by Gasteiger charge is 2.24. The van der Waals surface area contributed by atoms with Crippen LogP contribution in [0.15, 0.2) is 24.3 Å². The number of anilines is 1. The number of hydrogen-bond acceptors (Lipinski definition) is 5. The number of carbonyl (C=O) groups is 1. The fourth-order valence-electron chi connectivity index (χ4n) is 3.35. The molecule has 2 N–H and O–H groups in total. The molecule has 0 bridgehead atoms. The molecule has 0 aliphatic carbocycles. The number of hydrogen-bond donors (Lipinski definition) is 2. The maximum Gasteiger partial charge on any atom is 0.221 e. The van der Waals surface area contributed by atoms with Gasteiger partial charge in [-0.15, -0.1) is 0 Å². The predicted octanol–water partition coefficient (Wildman–Crippen LogP) is 1.02. The quantitative estimate of drug-likeness (QED) is 0.814. The Morgan fingerprint density at radius 1 is 1.50 bits per heavy atom. The molecule has 2 aliphatic rings. The van der Waals surface area contributed by atoms with Gasteiger partial charge in [-0.2, -0.15) is 0 Å². The Morgan fingerprint density at radius 2 is 2.42 bits per heavy atom. The largest absolute Gasteiger partial charge is 0.497 e. The Labute approximate surface area is 143 Å². The molecule has 2 saturated heterocycles. The first-order valence-corrected chi connectivity index (χ1v) is 8.71. The van der Waals surface area contributed by atoms with Crippen molar-refractivity contribution in [3.63, 3.8) is 0 Å². The molecule has 0 spiro atoms. The van der Waals surface area contributed by atoms with Crippen molar-refractivity contribution >= 4 is 11.6 Å². The minimum absolute atomic E-state index is 0.109. The average molecular weight is 333 g/mol. The molecule has 6 heteroatoms. The molecule has 24 heavy (non-hydrogen) atoms. The molecule has 1 aromatic carbocycles. The number of rotatable bonds is 6. The van der Waals surface area contributed by atoms with Crippen LogP contribution in [0.3, 0.4) is 0 Å². The molecule has 6 nitrogen and oxygen atoms in total. The molecule has 1 aromatic rings. The number of nitrogens with one attached hydrogen (secondary N) is 2. The van der Waals surface area contributed by atoms with Crippen molar-refractivity contribution in [3.8, 4) is 5.75 Å². The molecule has 2 aliphatic heterocycles. The first-order valence-electron chi connectivity index (χ1n) is 8.71. The number of amides is 1. The predicted molar refractivity (Wildman–Crippen MR) is 93.6 cm³/mol. The van der Waals surface area contributed by atoms with Crippen LogP contribution in [0.4, 0.5) is 5.69 Å². The fourth-order valence-corrected chi connectivity index (χ4v) is 3.35. The van der Waals surface area contributed by atoms with Gasteiger partial charge < -0.3 is 25.0 Å². The summed E-state index contributed by atoms with van der Waals surface area (Å²) >= 11 is 0. The SMILES string of the molecule is COc1cccc(N2CCC(CNC(=O)CC3COCCN3)C2)c1. The van der Waals surface area contributed by atoms with Crippen LogP contribution in [-0.2, 0) is 9.53 Å². The Bertz CT molecular complexity index is 546. The summed E-state index contributed by atoms with van der Waals surface area (Å²) in [5.74, 6) is 1.49. The van der Waals surface area contributed by atoms with Gasteiger partial charge in [-0.1, -0.05) is 6.07 Å². The average Bonchev–Trinajstić information content (AvgIpc) is 3.10. The minimum atomic E-state index is 0.109. The molecule has 2 atom stereocenters. The Morgan fingerprint density at radius 3 is 3.21 bits per heavy atom. The van der Waals surface area contributed by atoms with Crippen molar-refractivity contribution < 1.29 is 14.3 Å². The van der Waals surface area contributed by atoms with Crippen LogP contribution in [0, 0.1) is 5.92 Å². The first kappa shape index (κ1) is 17.0. The van der Waals surface area contributed by atoms with Gasteiger partial charge in [0.2, 0.25) is 5.91 Å². The summed E-state index contributed by atoms with van der Waals surface area (Å²) in [6.07, 6.45) is 1.59. The van der Waals surface area contributed by atoms with Gasteiger partial charge in [-0.3, -0.25) is 4.79 Å². The van der Waals surface area contributed by atoms with E-state index in [1.54, 1.807) is 7.11 Å². The molecule has 0 aromatic heterocycles.